The Kier molecular flexibility index (Phi) is 5.52. The third kappa shape index (κ3) is 5.06. The molecule has 1 atom stereocenters. The van der Waals surface area contributed by atoms with Gasteiger partial charge in [-0.1, -0.05) is 0 Å². The number of aromatic nitrogens is 1. The van der Waals surface area contributed by atoms with E-state index in [1.54, 1.807) is 12.3 Å². The molecule has 1 fully saturated rings. The van der Waals surface area contributed by atoms with Crippen molar-refractivity contribution in [2.24, 2.45) is 0 Å². The first-order chi connectivity index (χ1) is 10.4. The zero-order valence-corrected chi connectivity index (χ0v) is 14.1. The van der Waals surface area contributed by atoms with E-state index in [2.05, 4.69) is 31.5 Å². The molecule has 2 rings (SSSR count). The van der Waals surface area contributed by atoms with Crippen LogP contribution >= 0.6 is 15.9 Å². The first kappa shape index (κ1) is 16.9. The zero-order chi connectivity index (χ0) is 16.2. The van der Waals surface area contributed by atoms with Gasteiger partial charge in [0.2, 0.25) is 5.91 Å². The molecule has 1 aromatic heterocycles. The summed E-state index contributed by atoms with van der Waals surface area (Å²) >= 11 is 3.22. The molecule has 2 N–H and O–H groups in total. The van der Waals surface area contributed by atoms with Gasteiger partial charge in [-0.05, 0) is 28.4 Å². The monoisotopic (exact) mass is 389 g/mol. The van der Waals surface area contributed by atoms with Crippen molar-refractivity contribution in [3.63, 3.8) is 0 Å². The van der Waals surface area contributed by atoms with Crippen LogP contribution in [0.15, 0.2) is 22.9 Å². The summed E-state index contributed by atoms with van der Waals surface area (Å²) < 4.78 is 23.3. The van der Waals surface area contributed by atoms with Gasteiger partial charge in [0.05, 0.1) is 17.1 Å². The van der Waals surface area contributed by atoms with Crippen molar-refractivity contribution in [2.45, 2.75) is 18.9 Å². The maximum absolute atomic E-state index is 11.8. The topological polar surface area (TPSA) is 105 Å². The second-order valence-electron chi connectivity index (χ2n) is 5.07. The van der Waals surface area contributed by atoms with Crippen molar-refractivity contribution in [1.82, 2.24) is 15.6 Å². The SMILES string of the molecule is O=C(CCNC(=O)c1cncc(Br)c1)N[C@@H]1CCS(=O)(=O)C1. The normalized spacial score (nSPS) is 19.6. The van der Waals surface area contributed by atoms with Gasteiger partial charge in [-0.2, -0.15) is 0 Å². The molecule has 1 aliphatic heterocycles. The average molecular weight is 390 g/mol. The highest BCUT2D eigenvalue weighted by molar-refractivity contribution is 9.10. The summed E-state index contributed by atoms with van der Waals surface area (Å²) in [4.78, 5) is 27.4. The van der Waals surface area contributed by atoms with Gasteiger partial charge < -0.3 is 10.6 Å². The van der Waals surface area contributed by atoms with Gasteiger partial charge in [0, 0.05) is 35.9 Å². The van der Waals surface area contributed by atoms with Crippen molar-refractivity contribution in [2.75, 3.05) is 18.1 Å². The third-order valence-electron chi connectivity index (χ3n) is 3.20. The molecular weight excluding hydrogens is 374 g/mol. The van der Waals surface area contributed by atoms with Crippen molar-refractivity contribution in [3.05, 3.63) is 28.5 Å². The van der Waals surface area contributed by atoms with Crippen LogP contribution in [0.25, 0.3) is 0 Å². The predicted molar refractivity (Wildman–Crippen MR) is 84.1 cm³/mol. The van der Waals surface area contributed by atoms with E-state index < -0.39 is 9.84 Å². The number of amides is 2. The summed E-state index contributed by atoms with van der Waals surface area (Å²) in [7, 11) is -3.01. The van der Waals surface area contributed by atoms with Crippen LogP contribution in [-0.2, 0) is 14.6 Å². The minimum absolute atomic E-state index is 0.00515. The summed E-state index contributed by atoms with van der Waals surface area (Å²) in [5.41, 5.74) is 0.400. The Labute approximate surface area is 136 Å². The van der Waals surface area contributed by atoms with Crippen LogP contribution in [0.1, 0.15) is 23.2 Å². The highest BCUT2D eigenvalue weighted by Gasteiger charge is 2.28. The van der Waals surface area contributed by atoms with Gasteiger partial charge >= 0.3 is 0 Å². The first-order valence-electron chi connectivity index (χ1n) is 6.74. The minimum atomic E-state index is -3.01. The number of sulfone groups is 1. The molecular formula is C13H16BrN3O4S. The van der Waals surface area contributed by atoms with E-state index in [-0.39, 0.29) is 42.3 Å². The number of nitrogens with one attached hydrogen (secondary N) is 2. The van der Waals surface area contributed by atoms with Crippen LogP contribution in [0.2, 0.25) is 0 Å². The number of nitrogens with zero attached hydrogens (tertiary/aromatic N) is 1. The van der Waals surface area contributed by atoms with Crippen LogP contribution < -0.4 is 10.6 Å². The van der Waals surface area contributed by atoms with Crippen LogP contribution in [0.5, 0.6) is 0 Å². The maximum atomic E-state index is 11.8. The molecule has 1 aliphatic rings. The minimum Gasteiger partial charge on any atom is -0.352 e. The summed E-state index contributed by atoms with van der Waals surface area (Å²) in [5.74, 6) is -0.473. The lowest BCUT2D eigenvalue weighted by Gasteiger charge is -2.11. The van der Waals surface area contributed by atoms with Crippen molar-refractivity contribution < 1.29 is 18.0 Å². The molecule has 9 heteroatoms. The molecule has 120 valence electrons. The summed E-state index contributed by atoms with van der Waals surface area (Å²) in [6, 6.07) is 1.31. The molecule has 0 bridgehead atoms. The number of hydrogen-bond donors (Lipinski definition) is 2. The van der Waals surface area contributed by atoms with Crippen LogP contribution in [0.3, 0.4) is 0 Å². The molecule has 0 spiro atoms. The molecule has 7 nitrogen and oxygen atoms in total. The molecule has 2 heterocycles. The van der Waals surface area contributed by atoms with Crippen molar-refractivity contribution >= 4 is 37.6 Å². The molecule has 1 aromatic rings. The Morgan fingerprint density at radius 1 is 1.36 bits per heavy atom. The molecule has 1 saturated heterocycles. The van der Waals surface area contributed by atoms with Gasteiger partial charge in [-0.25, -0.2) is 8.42 Å². The first-order valence-corrected chi connectivity index (χ1v) is 9.36. The molecule has 22 heavy (non-hydrogen) atoms. The van der Waals surface area contributed by atoms with Gasteiger partial charge in [0.1, 0.15) is 0 Å². The fourth-order valence-corrected chi connectivity index (χ4v) is 4.17. The smallest absolute Gasteiger partial charge is 0.252 e. The second-order valence-corrected chi connectivity index (χ2v) is 8.21. The number of carbonyl (C=O) groups excluding carboxylic acids is 2. The van der Waals surface area contributed by atoms with E-state index in [1.807, 2.05) is 0 Å². The highest BCUT2D eigenvalue weighted by Crippen LogP contribution is 2.11. The number of halogens is 1. The number of rotatable bonds is 5. The van der Waals surface area contributed by atoms with Crippen molar-refractivity contribution in [3.8, 4) is 0 Å². The second kappa shape index (κ2) is 7.19. The Hall–Kier alpha value is -1.48. The van der Waals surface area contributed by atoms with E-state index in [1.165, 1.54) is 6.20 Å². The van der Waals surface area contributed by atoms with Gasteiger partial charge in [-0.3, -0.25) is 14.6 Å². The van der Waals surface area contributed by atoms with E-state index >= 15 is 0 Å². The lowest BCUT2D eigenvalue weighted by atomic mass is 10.2. The quantitative estimate of drug-likeness (QED) is 0.751. The molecule has 0 saturated carbocycles. The number of pyridine rings is 1. The molecule has 0 aliphatic carbocycles. The lowest BCUT2D eigenvalue weighted by Crippen LogP contribution is -2.37. The maximum Gasteiger partial charge on any atom is 0.252 e. The Bertz CT molecular complexity index is 678. The van der Waals surface area contributed by atoms with E-state index in [0.717, 1.165) is 0 Å². The highest BCUT2D eigenvalue weighted by atomic mass is 79.9. The predicted octanol–water partition coefficient (Wildman–Crippen LogP) is 0.267. The van der Waals surface area contributed by atoms with Crippen LogP contribution in [0, 0.1) is 0 Å². The third-order valence-corrected chi connectivity index (χ3v) is 5.40. The average Bonchev–Trinajstić information content (AvgIpc) is 2.77. The molecule has 0 aromatic carbocycles. The molecule has 2 amide bonds. The lowest BCUT2D eigenvalue weighted by molar-refractivity contribution is -0.121. The standard InChI is InChI=1S/C13H16BrN3O4S/c14-10-5-9(6-15-7-10)13(19)16-3-1-12(18)17-11-2-4-22(20,21)8-11/h5-7,11H,1-4,8H2,(H,16,19)(H,17,18)/t11-/m1/s1. The van der Waals surface area contributed by atoms with Gasteiger partial charge in [0.15, 0.2) is 9.84 Å². The number of hydrogen-bond acceptors (Lipinski definition) is 5. The molecule has 0 unspecified atom stereocenters. The van der Waals surface area contributed by atoms with E-state index in [0.29, 0.717) is 16.5 Å². The Morgan fingerprint density at radius 3 is 2.77 bits per heavy atom. The fraction of sp³-hybridized carbons (Fsp3) is 0.462. The van der Waals surface area contributed by atoms with Gasteiger partial charge in [0.25, 0.3) is 5.91 Å². The summed E-state index contributed by atoms with van der Waals surface area (Å²) in [6.45, 7) is 0.177. The number of carbonyl (C=O) groups is 2. The van der Waals surface area contributed by atoms with Crippen LogP contribution in [0.4, 0.5) is 0 Å². The van der Waals surface area contributed by atoms with Crippen molar-refractivity contribution in [1.29, 1.82) is 0 Å². The largest absolute Gasteiger partial charge is 0.352 e. The Morgan fingerprint density at radius 2 is 2.14 bits per heavy atom. The summed E-state index contributed by atoms with van der Waals surface area (Å²) in [6.07, 6.45) is 3.55. The van der Waals surface area contributed by atoms with E-state index in [4.69, 9.17) is 0 Å². The van der Waals surface area contributed by atoms with E-state index in [9.17, 15) is 18.0 Å². The zero-order valence-electron chi connectivity index (χ0n) is 11.7. The fourth-order valence-electron chi connectivity index (χ4n) is 2.14. The van der Waals surface area contributed by atoms with Crippen LogP contribution in [-0.4, -0.2) is 49.3 Å². The Balaban J connectivity index is 1.72. The molecule has 0 radical (unpaired) electrons. The summed E-state index contributed by atoms with van der Waals surface area (Å²) in [5, 5.41) is 5.29. The van der Waals surface area contributed by atoms with Gasteiger partial charge in [-0.15, -0.1) is 0 Å².